The molecule has 0 radical (unpaired) electrons. The van der Waals surface area contributed by atoms with Crippen LogP contribution in [-0.4, -0.2) is 27.5 Å². The second-order valence-electron chi connectivity index (χ2n) is 5.55. The average Bonchev–Trinajstić information content (AvgIpc) is 2.20. The number of carbonyl (C=O) groups is 1. The molecule has 1 saturated carbocycles. The Balaban J connectivity index is 2.65. The lowest BCUT2D eigenvalue weighted by Gasteiger charge is -2.40. The molecule has 2 N–H and O–H groups in total. The zero-order valence-electron chi connectivity index (χ0n) is 10.3. The predicted octanol–water partition coefficient (Wildman–Crippen LogP) is 2.22. The number of nitrogens with one attached hydrogen (secondary N) is 1. The third-order valence-corrected chi connectivity index (χ3v) is 3.81. The van der Waals surface area contributed by atoms with Crippen LogP contribution >= 0.6 is 15.9 Å². The van der Waals surface area contributed by atoms with Crippen molar-refractivity contribution in [2.24, 2.45) is 5.92 Å². The Hall–Kier alpha value is -0.0900. The first-order valence-corrected chi connectivity index (χ1v) is 6.71. The van der Waals surface area contributed by atoms with Gasteiger partial charge in [-0.1, -0.05) is 22.9 Å². The molecule has 0 aromatic heterocycles. The molecule has 0 aromatic carbocycles. The highest BCUT2D eigenvalue weighted by Crippen LogP contribution is 2.32. The van der Waals surface area contributed by atoms with E-state index in [4.69, 9.17) is 0 Å². The maximum absolute atomic E-state index is 11.9. The van der Waals surface area contributed by atoms with Crippen LogP contribution in [-0.2, 0) is 4.79 Å². The van der Waals surface area contributed by atoms with E-state index in [0.717, 1.165) is 25.7 Å². The fourth-order valence-corrected chi connectivity index (χ4v) is 2.13. The van der Waals surface area contributed by atoms with E-state index in [0.29, 0.717) is 5.92 Å². The van der Waals surface area contributed by atoms with Gasteiger partial charge in [0, 0.05) is 0 Å². The van der Waals surface area contributed by atoms with E-state index in [1.165, 1.54) is 0 Å². The van der Waals surface area contributed by atoms with Gasteiger partial charge >= 0.3 is 0 Å². The van der Waals surface area contributed by atoms with Crippen LogP contribution in [0.15, 0.2) is 0 Å². The first kappa shape index (κ1) is 14.0. The van der Waals surface area contributed by atoms with Gasteiger partial charge < -0.3 is 10.4 Å². The number of alkyl halides is 1. The van der Waals surface area contributed by atoms with Crippen molar-refractivity contribution in [3.05, 3.63) is 0 Å². The summed E-state index contributed by atoms with van der Waals surface area (Å²) in [6.07, 6.45) is 3.89. The van der Waals surface area contributed by atoms with Crippen LogP contribution in [0.25, 0.3) is 0 Å². The van der Waals surface area contributed by atoms with Crippen LogP contribution in [0.2, 0.25) is 0 Å². The molecule has 0 bridgehead atoms. The quantitative estimate of drug-likeness (QED) is 0.784. The minimum Gasteiger partial charge on any atom is -0.394 e. The minimum atomic E-state index is -0.571. The third kappa shape index (κ3) is 3.45. The molecular weight excluding hydrogens is 270 g/mol. The van der Waals surface area contributed by atoms with Crippen molar-refractivity contribution in [3.8, 4) is 0 Å². The SMILES string of the molecule is CC1CCC(CO)(NC(=O)C(C)(C)Br)CC1. The van der Waals surface area contributed by atoms with Crippen molar-refractivity contribution in [3.63, 3.8) is 0 Å². The lowest BCUT2D eigenvalue weighted by molar-refractivity contribution is -0.125. The maximum atomic E-state index is 11.9. The molecule has 1 amide bonds. The Labute approximate surface area is 106 Å². The summed E-state index contributed by atoms with van der Waals surface area (Å²) in [7, 11) is 0. The third-order valence-electron chi connectivity index (χ3n) is 3.45. The summed E-state index contributed by atoms with van der Waals surface area (Å²) in [6.45, 7) is 5.89. The standard InChI is InChI=1S/C12H22BrNO2/c1-9-4-6-12(8-15,7-5-9)14-10(16)11(2,3)13/h9,15H,4-8H2,1-3H3,(H,14,16). The van der Waals surface area contributed by atoms with Gasteiger partial charge in [-0.15, -0.1) is 0 Å². The molecular formula is C12H22BrNO2. The van der Waals surface area contributed by atoms with Gasteiger partial charge in [0.25, 0.3) is 0 Å². The fraction of sp³-hybridized carbons (Fsp3) is 0.917. The molecule has 1 aliphatic rings. The van der Waals surface area contributed by atoms with Crippen molar-refractivity contribution in [2.45, 2.75) is 56.3 Å². The van der Waals surface area contributed by atoms with Gasteiger partial charge in [-0.25, -0.2) is 0 Å². The minimum absolute atomic E-state index is 0.0362. The molecule has 1 aliphatic carbocycles. The number of rotatable bonds is 3. The summed E-state index contributed by atoms with van der Waals surface area (Å²) in [5.41, 5.74) is -0.394. The average molecular weight is 292 g/mol. The smallest absolute Gasteiger partial charge is 0.236 e. The Kier molecular flexibility index (Phi) is 4.41. The topological polar surface area (TPSA) is 49.3 Å². The van der Waals surface area contributed by atoms with Crippen LogP contribution in [0.3, 0.4) is 0 Å². The second kappa shape index (κ2) is 5.05. The van der Waals surface area contributed by atoms with Gasteiger partial charge in [0.2, 0.25) is 5.91 Å². The number of aliphatic hydroxyl groups is 1. The lowest BCUT2D eigenvalue weighted by Crippen LogP contribution is -2.56. The summed E-state index contributed by atoms with van der Waals surface area (Å²) in [6, 6.07) is 0. The zero-order chi connectivity index (χ0) is 12.4. The van der Waals surface area contributed by atoms with E-state index in [-0.39, 0.29) is 12.5 Å². The molecule has 0 aromatic rings. The molecule has 0 unspecified atom stereocenters. The van der Waals surface area contributed by atoms with Crippen molar-refractivity contribution in [2.75, 3.05) is 6.61 Å². The summed E-state index contributed by atoms with van der Waals surface area (Å²) in [4.78, 5) is 11.9. The number of carbonyl (C=O) groups excluding carboxylic acids is 1. The fourth-order valence-electron chi connectivity index (χ4n) is 2.03. The van der Waals surface area contributed by atoms with Gasteiger partial charge in [0.15, 0.2) is 0 Å². The summed E-state index contributed by atoms with van der Waals surface area (Å²) < 4.78 is -0.571. The first-order chi connectivity index (χ1) is 7.29. The van der Waals surface area contributed by atoms with Gasteiger partial charge in [-0.3, -0.25) is 4.79 Å². The van der Waals surface area contributed by atoms with E-state index in [9.17, 15) is 9.90 Å². The van der Waals surface area contributed by atoms with E-state index < -0.39 is 9.86 Å². The van der Waals surface area contributed by atoms with Crippen molar-refractivity contribution >= 4 is 21.8 Å². The lowest BCUT2D eigenvalue weighted by atomic mass is 9.77. The van der Waals surface area contributed by atoms with Crippen LogP contribution < -0.4 is 5.32 Å². The summed E-state index contributed by atoms with van der Waals surface area (Å²) >= 11 is 3.34. The van der Waals surface area contributed by atoms with E-state index in [1.807, 2.05) is 13.8 Å². The Morgan fingerprint density at radius 2 is 2.00 bits per heavy atom. The number of aliphatic hydroxyl groups excluding tert-OH is 1. The number of halogens is 1. The molecule has 0 aliphatic heterocycles. The molecule has 16 heavy (non-hydrogen) atoms. The van der Waals surface area contributed by atoms with Crippen LogP contribution in [0, 0.1) is 5.92 Å². The largest absolute Gasteiger partial charge is 0.394 e. The van der Waals surface area contributed by atoms with Gasteiger partial charge in [-0.2, -0.15) is 0 Å². The van der Waals surface area contributed by atoms with E-state index in [1.54, 1.807) is 0 Å². The second-order valence-corrected chi connectivity index (χ2v) is 7.53. The first-order valence-electron chi connectivity index (χ1n) is 5.91. The predicted molar refractivity (Wildman–Crippen MR) is 68.6 cm³/mol. The molecule has 1 fully saturated rings. The Morgan fingerprint density at radius 1 is 1.50 bits per heavy atom. The highest BCUT2D eigenvalue weighted by Gasteiger charge is 2.37. The number of hydrogen-bond donors (Lipinski definition) is 2. The monoisotopic (exact) mass is 291 g/mol. The molecule has 0 atom stereocenters. The van der Waals surface area contributed by atoms with Crippen molar-refractivity contribution < 1.29 is 9.90 Å². The van der Waals surface area contributed by atoms with Gasteiger partial charge in [0.1, 0.15) is 0 Å². The van der Waals surface area contributed by atoms with Crippen LogP contribution in [0.5, 0.6) is 0 Å². The number of hydrogen-bond acceptors (Lipinski definition) is 2. The van der Waals surface area contributed by atoms with E-state index >= 15 is 0 Å². The van der Waals surface area contributed by atoms with E-state index in [2.05, 4.69) is 28.2 Å². The Bertz CT molecular complexity index is 252. The van der Waals surface area contributed by atoms with Crippen molar-refractivity contribution in [1.82, 2.24) is 5.32 Å². The molecule has 94 valence electrons. The van der Waals surface area contributed by atoms with Crippen LogP contribution in [0.4, 0.5) is 0 Å². The molecule has 4 heteroatoms. The van der Waals surface area contributed by atoms with Crippen LogP contribution in [0.1, 0.15) is 46.5 Å². The molecule has 0 saturated heterocycles. The normalized spacial score (nSPS) is 31.2. The molecule has 3 nitrogen and oxygen atoms in total. The highest BCUT2D eigenvalue weighted by molar-refractivity contribution is 9.10. The summed E-state index contributed by atoms with van der Waals surface area (Å²) in [5, 5.41) is 12.5. The Morgan fingerprint density at radius 3 is 2.38 bits per heavy atom. The van der Waals surface area contributed by atoms with Gasteiger partial charge in [-0.05, 0) is 45.4 Å². The molecule has 0 heterocycles. The molecule has 1 rings (SSSR count). The van der Waals surface area contributed by atoms with Crippen molar-refractivity contribution in [1.29, 1.82) is 0 Å². The summed E-state index contributed by atoms with van der Waals surface area (Å²) in [5.74, 6) is 0.657. The van der Waals surface area contributed by atoms with Gasteiger partial charge in [0.05, 0.1) is 16.5 Å². The zero-order valence-corrected chi connectivity index (χ0v) is 11.9. The highest BCUT2D eigenvalue weighted by atomic mass is 79.9. The number of amides is 1. The molecule has 0 spiro atoms. The maximum Gasteiger partial charge on any atom is 0.236 e.